The zero-order valence-corrected chi connectivity index (χ0v) is 18.3. The first-order valence-electron chi connectivity index (χ1n) is 9.93. The van der Waals surface area contributed by atoms with E-state index in [1.807, 2.05) is 54.6 Å². The van der Waals surface area contributed by atoms with Crippen LogP contribution in [0.5, 0.6) is 5.75 Å². The molecule has 0 unspecified atom stereocenters. The minimum absolute atomic E-state index is 0.145. The van der Waals surface area contributed by atoms with Crippen LogP contribution < -0.4 is 5.32 Å². The van der Waals surface area contributed by atoms with Crippen molar-refractivity contribution in [2.45, 2.75) is 0 Å². The summed E-state index contributed by atoms with van der Waals surface area (Å²) in [5, 5.41) is 12.6. The number of benzene rings is 4. The van der Waals surface area contributed by atoms with Crippen molar-refractivity contribution >= 4 is 38.6 Å². The lowest BCUT2D eigenvalue weighted by molar-refractivity contribution is 0.102. The summed E-state index contributed by atoms with van der Waals surface area (Å²) in [4.78, 5) is 17.2. The number of halogens is 1. The smallest absolute Gasteiger partial charge is 0.255 e. The molecular formula is C26H17BrN2O3. The third kappa shape index (κ3) is 4.00. The summed E-state index contributed by atoms with van der Waals surface area (Å²) in [7, 11) is 0. The van der Waals surface area contributed by atoms with Gasteiger partial charge in [0.2, 0.25) is 5.89 Å². The van der Waals surface area contributed by atoms with Gasteiger partial charge in [0.15, 0.2) is 5.58 Å². The number of hydrogen-bond donors (Lipinski definition) is 2. The Morgan fingerprint density at radius 1 is 0.844 bits per heavy atom. The summed E-state index contributed by atoms with van der Waals surface area (Å²) in [5.41, 5.74) is 5.32. The molecule has 1 amide bonds. The Labute approximate surface area is 192 Å². The number of nitrogens with one attached hydrogen (secondary N) is 1. The number of amides is 1. The van der Waals surface area contributed by atoms with Crippen LogP contribution in [-0.4, -0.2) is 16.0 Å². The van der Waals surface area contributed by atoms with Crippen LogP contribution in [0.2, 0.25) is 0 Å². The van der Waals surface area contributed by atoms with Crippen molar-refractivity contribution in [3.63, 3.8) is 0 Å². The monoisotopic (exact) mass is 484 g/mol. The number of phenols is 1. The Bertz CT molecular complexity index is 1430. The summed E-state index contributed by atoms with van der Waals surface area (Å²) >= 11 is 3.30. The lowest BCUT2D eigenvalue weighted by Gasteiger charge is -2.06. The maximum absolute atomic E-state index is 12.7. The number of carbonyl (C=O) groups excluding carboxylic acids is 1. The van der Waals surface area contributed by atoms with Crippen LogP contribution in [0.1, 0.15) is 10.4 Å². The third-order valence-corrected chi connectivity index (χ3v) is 5.73. The largest absolute Gasteiger partial charge is 0.507 e. The van der Waals surface area contributed by atoms with Gasteiger partial charge in [-0.25, -0.2) is 4.98 Å². The molecule has 0 aliphatic rings. The number of nitrogens with zero attached hydrogens (tertiary/aromatic N) is 1. The van der Waals surface area contributed by atoms with Gasteiger partial charge in [-0.1, -0.05) is 42.5 Å². The average molecular weight is 485 g/mol. The predicted octanol–water partition coefficient (Wildman–Crippen LogP) is 6.88. The molecule has 5 aromatic rings. The highest BCUT2D eigenvalue weighted by Gasteiger charge is 2.12. The minimum Gasteiger partial charge on any atom is -0.507 e. The third-order valence-electron chi connectivity index (χ3n) is 5.09. The molecule has 4 aromatic carbocycles. The van der Waals surface area contributed by atoms with E-state index in [9.17, 15) is 9.90 Å². The molecule has 1 aromatic heterocycles. The van der Waals surface area contributed by atoms with E-state index < -0.39 is 0 Å². The number of fused-ring (bicyclic) bond motifs is 1. The molecule has 0 saturated carbocycles. The van der Waals surface area contributed by atoms with Crippen molar-refractivity contribution in [2.24, 2.45) is 0 Å². The molecule has 1 heterocycles. The maximum Gasteiger partial charge on any atom is 0.255 e. The summed E-state index contributed by atoms with van der Waals surface area (Å²) < 4.78 is 6.38. The molecule has 0 saturated heterocycles. The van der Waals surface area contributed by atoms with Crippen molar-refractivity contribution in [1.82, 2.24) is 4.98 Å². The van der Waals surface area contributed by atoms with Crippen molar-refractivity contribution in [1.29, 1.82) is 0 Å². The van der Waals surface area contributed by atoms with Gasteiger partial charge in [0.1, 0.15) is 11.3 Å². The number of hydrogen-bond acceptors (Lipinski definition) is 4. The van der Waals surface area contributed by atoms with Gasteiger partial charge in [0.05, 0.1) is 4.47 Å². The summed E-state index contributed by atoms with van der Waals surface area (Å²) in [6.45, 7) is 0. The van der Waals surface area contributed by atoms with Gasteiger partial charge in [-0.05, 0) is 75.6 Å². The van der Waals surface area contributed by atoms with Gasteiger partial charge in [-0.2, -0.15) is 0 Å². The standard InChI is InChI=1S/C26H17BrN2O3/c27-21-14-19(10-12-23(21)30)26-29-22-15-20(11-13-24(22)32-26)28-25(31)18-8-6-17(7-9-18)16-4-2-1-3-5-16/h1-15,30H,(H,28,31). The molecule has 0 fully saturated rings. The van der Waals surface area contributed by atoms with Crippen LogP contribution in [0, 0.1) is 0 Å². The van der Waals surface area contributed by atoms with E-state index in [1.165, 1.54) is 0 Å². The van der Waals surface area contributed by atoms with Gasteiger partial charge in [0.25, 0.3) is 5.91 Å². The first-order valence-corrected chi connectivity index (χ1v) is 10.7. The molecule has 2 N–H and O–H groups in total. The quantitative estimate of drug-likeness (QED) is 0.291. The Hall–Kier alpha value is -3.90. The SMILES string of the molecule is O=C(Nc1ccc2oc(-c3ccc(O)c(Br)c3)nc2c1)c1ccc(-c2ccccc2)cc1. The number of phenolic OH excluding ortho intramolecular Hbond substituents is 1. The average Bonchev–Trinajstić information content (AvgIpc) is 3.25. The molecule has 0 bridgehead atoms. The number of carbonyl (C=O) groups is 1. The highest BCUT2D eigenvalue weighted by atomic mass is 79.9. The van der Waals surface area contributed by atoms with Gasteiger partial charge in [-0.3, -0.25) is 4.79 Å². The van der Waals surface area contributed by atoms with E-state index in [-0.39, 0.29) is 11.7 Å². The van der Waals surface area contributed by atoms with Gasteiger partial charge in [0, 0.05) is 16.8 Å². The summed E-state index contributed by atoms with van der Waals surface area (Å²) in [6.07, 6.45) is 0. The fourth-order valence-electron chi connectivity index (χ4n) is 3.42. The van der Waals surface area contributed by atoms with Crippen molar-refractivity contribution in [3.8, 4) is 28.3 Å². The highest BCUT2D eigenvalue weighted by molar-refractivity contribution is 9.10. The number of anilines is 1. The van der Waals surface area contributed by atoms with E-state index in [4.69, 9.17) is 4.42 Å². The summed E-state index contributed by atoms with van der Waals surface area (Å²) in [5.74, 6) is 0.377. The van der Waals surface area contributed by atoms with Crippen LogP contribution in [-0.2, 0) is 0 Å². The number of rotatable bonds is 4. The van der Waals surface area contributed by atoms with Crippen LogP contribution >= 0.6 is 15.9 Å². The van der Waals surface area contributed by atoms with Crippen LogP contribution in [0.15, 0.2) is 99.9 Å². The van der Waals surface area contributed by atoms with E-state index in [0.29, 0.717) is 32.7 Å². The van der Waals surface area contributed by atoms with Gasteiger partial charge in [-0.15, -0.1) is 0 Å². The fourth-order valence-corrected chi connectivity index (χ4v) is 3.80. The molecule has 5 rings (SSSR count). The molecule has 0 aliphatic carbocycles. The topological polar surface area (TPSA) is 75.4 Å². The van der Waals surface area contributed by atoms with E-state index in [1.54, 1.807) is 36.4 Å². The van der Waals surface area contributed by atoms with Gasteiger partial charge < -0.3 is 14.8 Å². The Kier molecular flexibility index (Phi) is 5.21. The molecule has 32 heavy (non-hydrogen) atoms. The molecule has 0 atom stereocenters. The molecular weight excluding hydrogens is 468 g/mol. The molecule has 156 valence electrons. The number of oxazole rings is 1. The maximum atomic E-state index is 12.7. The lowest BCUT2D eigenvalue weighted by Crippen LogP contribution is -2.11. The molecule has 5 nitrogen and oxygen atoms in total. The molecule has 6 heteroatoms. The normalized spacial score (nSPS) is 10.9. The molecule has 0 spiro atoms. The molecule has 0 radical (unpaired) electrons. The van der Waals surface area contributed by atoms with E-state index >= 15 is 0 Å². The highest BCUT2D eigenvalue weighted by Crippen LogP contribution is 2.31. The number of aromatic hydroxyl groups is 1. The van der Waals surface area contributed by atoms with Crippen LogP contribution in [0.4, 0.5) is 5.69 Å². The van der Waals surface area contributed by atoms with Crippen molar-refractivity contribution < 1.29 is 14.3 Å². The fraction of sp³-hybridized carbons (Fsp3) is 0. The van der Waals surface area contributed by atoms with Crippen molar-refractivity contribution in [2.75, 3.05) is 5.32 Å². The lowest BCUT2D eigenvalue weighted by atomic mass is 10.0. The summed E-state index contributed by atoms with van der Waals surface area (Å²) in [6, 6.07) is 27.9. The van der Waals surface area contributed by atoms with E-state index in [0.717, 1.165) is 16.7 Å². The zero-order valence-electron chi connectivity index (χ0n) is 16.7. The Balaban J connectivity index is 1.35. The Morgan fingerprint density at radius 3 is 2.31 bits per heavy atom. The Morgan fingerprint density at radius 2 is 1.56 bits per heavy atom. The second-order valence-corrected chi connectivity index (χ2v) is 8.12. The van der Waals surface area contributed by atoms with E-state index in [2.05, 4.69) is 26.2 Å². The number of aromatic nitrogens is 1. The minimum atomic E-state index is -0.199. The molecule has 0 aliphatic heterocycles. The predicted molar refractivity (Wildman–Crippen MR) is 129 cm³/mol. The first-order chi connectivity index (χ1) is 15.6. The van der Waals surface area contributed by atoms with Gasteiger partial charge >= 0.3 is 0 Å². The van der Waals surface area contributed by atoms with Crippen molar-refractivity contribution in [3.05, 3.63) is 101 Å². The zero-order chi connectivity index (χ0) is 22.1. The van der Waals surface area contributed by atoms with Crippen LogP contribution in [0.25, 0.3) is 33.7 Å². The second kappa shape index (κ2) is 8.32. The first kappa shape index (κ1) is 20.0. The van der Waals surface area contributed by atoms with Crippen LogP contribution in [0.3, 0.4) is 0 Å². The second-order valence-electron chi connectivity index (χ2n) is 7.27.